The molecular formula is C26H33N6O6+3. The summed E-state index contributed by atoms with van der Waals surface area (Å²) < 4.78 is 26.4. The molecule has 0 aromatic carbocycles. The lowest BCUT2D eigenvalue weighted by Gasteiger charge is -2.27. The zero-order chi connectivity index (χ0) is 27.5. The molecule has 3 rings (SSSR count). The predicted octanol–water partition coefficient (Wildman–Crippen LogP) is 0.291. The van der Waals surface area contributed by atoms with Gasteiger partial charge in [-0.25, -0.2) is 41.8 Å². The van der Waals surface area contributed by atoms with E-state index in [0.717, 1.165) is 0 Å². The quantitative estimate of drug-likeness (QED) is 0.161. The Bertz CT molecular complexity index is 1150. The van der Waals surface area contributed by atoms with Crippen LogP contribution in [-0.4, -0.2) is 51.4 Å². The summed E-state index contributed by atoms with van der Waals surface area (Å²) in [5.74, 6) is -1.49. The Kier molecular flexibility index (Phi) is 9.52. The number of carbonyl (C=O) groups is 3. The summed E-state index contributed by atoms with van der Waals surface area (Å²) in [6.07, 6.45) is 20.2. The van der Waals surface area contributed by atoms with Crippen LogP contribution < -0.4 is 13.7 Å². The average molecular weight is 526 g/mol. The normalized spacial score (nSPS) is 11.0. The zero-order valence-electron chi connectivity index (χ0n) is 21.4. The third-order valence-corrected chi connectivity index (χ3v) is 5.45. The molecule has 3 aromatic rings. The minimum Gasteiger partial charge on any atom is -0.462 e. The fourth-order valence-corrected chi connectivity index (χ4v) is 3.31. The predicted molar refractivity (Wildman–Crippen MR) is 134 cm³/mol. The Morgan fingerprint density at radius 2 is 0.947 bits per heavy atom. The lowest BCUT2D eigenvalue weighted by molar-refractivity contribution is -0.685. The maximum atomic E-state index is 12.5. The van der Waals surface area contributed by atoms with E-state index in [1.807, 2.05) is 0 Å². The number of hydrogen-bond donors (Lipinski definition) is 0. The van der Waals surface area contributed by atoms with Gasteiger partial charge < -0.3 is 14.2 Å². The number of aromatic nitrogens is 6. The molecule has 38 heavy (non-hydrogen) atoms. The molecule has 200 valence electrons. The van der Waals surface area contributed by atoms with Crippen LogP contribution in [0, 0.1) is 5.41 Å². The molecule has 0 saturated heterocycles. The van der Waals surface area contributed by atoms with E-state index in [1.54, 1.807) is 109 Å². The van der Waals surface area contributed by atoms with Gasteiger partial charge in [-0.05, 0) is 6.92 Å². The zero-order valence-corrected chi connectivity index (χ0v) is 21.4. The first-order valence-electron chi connectivity index (χ1n) is 11.8. The summed E-state index contributed by atoms with van der Waals surface area (Å²) >= 11 is 0. The molecule has 0 spiro atoms. The summed E-state index contributed by atoms with van der Waals surface area (Å²) in [6, 6.07) is 0. The van der Waals surface area contributed by atoms with Crippen LogP contribution in [0.3, 0.4) is 0 Å². The summed E-state index contributed by atoms with van der Waals surface area (Å²) in [5.41, 5.74) is -0.978. The number of ether oxygens (including phenoxy) is 3. The highest BCUT2D eigenvalue weighted by Crippen LogP contribution is 2.19. The van der Waals surface area contributed by atoms with Crippen molar-refractivity contribution in [3.05, 3.63) is 75.9 Å². The van der Waals surface area contributed by atoms with Crippen LogP contribution in [0.1, 0.15) is 6.92 Å². The number of carbonyl (C=O) groups excluding carboxylic acids is 3. The monoisotopic (exact) mass is 525 g/mol. The SMILES string of the molecule is C=Cn1cc[n+](CC(=O)OCC(C)(COC(=O)C[n+]2ccn(C=C)c2)COC(=O)C[n+]2ccn(C=C)c2)c1. The molecule has 0 aliphatic carbocycles. The fraction of sp³-hybridized carbons (Fsp3) is 0.308. The Morgan fingerprint density at radius 1 is 0.658 bits per heavy atom. The van der Waals surface area contributed by atoms with Crippen LogP contribution in [0.4, 0.5) is 0 Å². The van der Waals surface area contributed by atoms with Crippen molar-refractivity contribution in [3.63, 3.8) is 0 Å². The highest BCUT2D eigenvalue weighted by atomic mass is 16.6. The number of hydrogen-bond acceptors (Lipinski definition) is 6. The van der Waals surface area contributed by atoms with E-state index in [0.29, 0.717) is 0 Å². The molecule has 0 atom stereocenters. The third-order valence-electron chi connectivity index (χ3n) is 5.45. The van der Waals surface area contributed by atoms with Gasteiger partial charge in [0.05, 0.1) is 24.0 Å². The van der Waals surface area contributed by atoms with Crippen molar-refractivity contribution < 1.29 is 42.3 Å². The molecule has 0 aliphatic heterocycles. The van der Waals surface area contributed by atoms with Gasteiger partial charge in [-0.3, -0.25) is 0 Å². The lowest BCUT2D eigenvalue weighted by atomic mass is 9.94. The second-order valence-electron chi connectivity index (χ2n) is 8.94. The summed E-state index contributed by atoms with van der Waals surface area (Å²) in [4.78, 5) is 37.4. The van der Waals surface area contributed by atoms with Crippen molar-refractivity contribution in [2.75, 3.05) is 19.8 Å². The Morgan fingerprint density at radius 3 is 1.18 bits per heavy atom. The van der Waals surface area contributed by atoms with Gasteiger partial charge in [0, 0.05) is 0 Å². The topological polar surface area (TPSA) is 105 Å². The first-order chi connectivity index (χ1) is 18.2. The highest BCUT2D eigenvalue weighted by molar-refractivity contribution is 5.68. The van der Waals surface area contributed by atoms with E-state index in [2.05, 4.69) is 19.7 Å². The number of rotatable bonds is 15. The van der Waals surface area contributed by atoms with Gasteiger partial charge in [0.15, 0.2) is 19.6 Å². The van der Waals surface area contributed by atoms with Crippen LogP contribution in [0.15, 0.2) is 75.9 Å². The van der Waals surface area contributed by atoms with Crippen molar-refractivity contribution in [3.8, 4) is 0 Å². The van der Waals surface area contributed by atoms with Gasteiger partial charge >= 0.3 is 17.9 Å². The molecule has 0 bridgehead atoms. The largest absolute Gasteiger partial charge is 0.462 e. The van der Waals surface area contributed by atoms with Gasteiger partial charge in [-0.15, -0.1) is 0 Å². The molecule has 0 unspecified atom stereocenters. The minimum atomic E-state index is -0.978. The molecule has 0 N–H and O–H groups in total. The molecule has 0 aliphatic rings. The number of esters is 3. The van der Waals surface area contributed by atoms with Crippen molar-refractivity contribution >= 4 is 36.5 Å². The summed E-state index contributed by atoms with van der Waals surface area (Å²) in [6.45, 7) is 12.2. The molecule has 3 heterocycles. The molecule has 12 nitrogen and oxygen atoms in total. The second kappa shape index (κ2) is 13.0. The van der Waals surface area contributed by atoms with Crippen molar-refractivity contribution in [2.24, 2.45) is 5.41 Å². The van der Waals surface area contributed by atoms with Crippen molar-refractivity contribution in [1.29, 1.82) is 0 Å². The van der Waals surface area contributed by atoms with Crippen molar-refractivity contribution in [2.45, 2.75) is 26.6 Å². The molecule has 0 amide bonds. The molecule has 0 radical (unpaired) electrons. The number of imidazole rings is 3. The average Bonchev–Trinajstić information content (AvgIpc) is 3.66. The van der Waals surface area contributed by atoms with E-state index in [-0.39, 0.29) is 39.5 Å². The molecule has 3 aromatic heterocycles. The van der Waals surface area contributed by atoms with Crippen LogP contribution in [0.25, 0.3) is 18.6 Å². The van der Waals surface area contributed by atoms with Gasteiger partial charge in [0.2, 0.25) is 19.0 Å². The van der Waals surface area contributed by atoms with E-state index < -0.39 is 23.3 Å². The minimum absolute atomic E-state index is 0.0235. The molecule has 12 heteroatoms. The highest BCUT2D eigenvalue weighted by Gasteiger charge is 2.32. The standard InChI is InChI=1S/C26H33N6O6/c1-5-27-8-11-30(20-27)14-23(33)36-17-26(4,18-37-24(34)15-31-12-9-28(6-2)21-31)19-38-25(35)16-32-13-10-29(7-3)22-32/h5-13,20-22H,1-3,14-19H2,4H3/q+3. The van der Waals surface area contributed by atoms with Crippen LogP contribution >= 0.6 is 0 Å². The van der Waals surface area contributed by atoms with Gasteiger partial charge in [-0.2, -0.15) is 0 Å². The Balaban J connectivity index is 1.58. The third kappa shape index (κ3) is 8.43. The van der Waals surface area contributed by atoms with Gasteiger partial charge in [0.1, 0.15) is 57.0 Å². The fourth-order valence-electron chi connectivity index (χ4n) is 3.31. The summed E-state index contributed by atoms with van der Waals surface area (Å²) in [7, 11) is 0. The van der Waals surface area contributed by atoms with Gasteiger partial charge in [-0.1, -0.05) is 19.7 Å². The maximum absolute atomic E-state index is 12.5. The van der Waals surface area contributed by atoms with Crippen LogP contribution in [0.2, 0.25) is 0 Å². The van der Waals surface area contributed by atoms with E-state index in [4.69, 9.17) is 14.2 Å². The Hall–Kier alpha value is -4.74. The smallest absolute Gasteiger partial charge is 0.348 e. The van der Waals surface area contributed by atoms with E-state index in [9.17, 15) is 14.4 Å². The van der Waals surface area contributed by atoms with Crippen LogP contribution in [0.5, 0.6) is 0 Å². The van der Waals surface area contributed by atoms with Crippen molar-refractivity contribution in [1.82, 2.24) is 13.7 Å². The first kappa shape index (κ1) is 27.8. The molecule has 0 fully saturated rings. The van der Waals surface area contributed by atoms with E-state index >= 15 is 0 Å². The number of nitrogens with zero attached hydrogens (tertiary/aromatic N) is 6. The summed E-state index contributed by atoms with van der Waals surface area (Å²) in [5, 5.41) is 0. The lowest BCUT2D eigenvalue weighted by Crippen LogP contribution is -2.43. The second-order valence-corrected chi connectivity index (χ2v) is 8.94. The Labute approximate surface area is 220 Å². The molecule has 0 saturated carbocycles. The maximum Gasteiger partial charge on any atom is 0.348 e. The van der Waals surface area contributed by atoms with E-state index in [1.165, 1.54) is 0 Å². The molecular weight excluding hydrogens is 492 g/mol. The van der Waals surface area contributed by atoms with Crippen LogP contribution in [-0.2, 0) is 48.2 Å². The van der Waals surface area contributed by atoms with Gasteiger partial charge in [0.25, 0.3) is 0 Å². The first-order valence-corrected chi connectivity index (χ1v) is 11.8.